The van der Waals surface area contributed by atoms with Crippen molar-refractivity contribution < 1.29 is 17.9 Å². The van der Waals surface area contributed by atoms with Crippen LogP contribution in [0.5, 0.6) is 5.75 Å². The van der Waals surface area contributed by atoms with E-state index in [0.717, 1.165) is 28.8 Å². The number of fused-ring (bicyclic) bond motifs is 1. The molecule has 9 heteroatoms. The smallest absolute Gasteiger partial charge is 0.279 e. The van der Waals surface area contributed by atoms with Crippen molar-refractivity contribution in [1.82, 2.24) is 8.87 Å². The maximum absolute atomic E-state index is 12.9. The number of thiazole rings is 1. The second-order valence-corrected chi connectivity index (χ2v) is 10.2. The number of hydrogen-bond donors (Lipinski definition) is 0. The quantitative estimate of drug-likeness (QED) is 0.463. The number of nitrogens with zero attached hydrogens (tertiary/aromatic N) is 3. The van der Waals surface area contributed by atoms with Crippen LogP contribution in [0.25, 0.3) is 10.2 Å². The summed E-state index contributed by atoms with van der Waals surface area (Å²) in [6.45, 7) is 7.36. The molecule has 1 amide bonds. The van der Waals surface area contributed by atoms with E-state index in [9.17, 15) is 13.2 Å². The van der Waals surface area contributed by atoms with Crippen molar-refractivity contribution in [1.29, 1.82) is 0 Å². The molecule has 1 heterocycles. The number of carbonyl (C=O) groups excluding carboxylic acids is 1. The van der Waals surface area contributed by atoms with Crippen molar-refractivity contribution >= 4 is 37.5 Å². The number of ether oxygens (including phenoxy) is 1. The molecule has 0 bridgehead atoms. The van der Waals surface area contributed by atoms with Gasteiger partial charge in [-0.2, -0.15) is 9.30 Å². The fourth-order valence-corrected chi connectivity index (χ4v) is 6.09. The summed E-state index contributed by atoms with van der Waals surface area (Å²) in [6, 6.07) is 11.8. The molecule has 0 saturated carbocycles. The van der Waals surface area contributed by atoms with E-state index in [2.05, 4.69) is 4.99 Å². The van der Waals surface area contributed by atoms with Crippen LogP contribution in [0.1, 0.15) is 44.0 Å². The molecule has 3 rings (SSSR count). The van der Waals surface area contributed by atoms with E-state index in [1.807, 2.05) is 43.5 Å². The summed E-state index contributed by atoms with van der Waals surface area (Å²) < 4.78 is 35.6. The molecule has 3 aromatic rings. The molecule has 32 heavy (non-hydrogen) atoms. The van der Waals surface area contributed by atoms with Gasteiger partial charge in [0.25, 0.3) is 5.91 Å². The maximum Gasteiger partial charge on any atom is 0.279 e. The van der Waals surface area contributed by atoms with Crippen molar-refractivity contribution in [2.24, 2.45) is 4.99 Å². The number of carbonyl (C=O) groups is 1. The summed E-state index contributed by atoms with van der Waals surface area (Å²) in [5, 5.41) is 0. The highest BCUT2D eigenvalue weighted by Crippen LogP contribution is 2.27. The first kappa shape index (κ1) is 24.2. The third kappa shape index (κ3) is 4.79. The summed E-state index contributed by atoms with van der Waals surface area (Å²) in [7, 11) is -1.97. The van der Waals surface area contributed by atoms with Gasteiger partial charge in [0, 0.05) is 25.2 Å². The minimum Gasteiger partial charge on any atom is -0.495 e. The van der Waals surface area contributed by atoms with Crippen molar-refractivity contribution in [3.8, 4) is 5.75 Å². The van der Waals surface area contributed by atoms with Gasteiger partial charge in [0.2, 0.25) is 10.0 Å². The molecule has 0 radical (unpaired) electrons. The molecule has 1 aromatic heterocycles. The predicted octanol–water partition coefficient (Wildman–Crippen LogP) is 4.28. The summed E-state index contributed by atoms with van der Waals surface area (Å²) >= 11 is 1.42. The standard InChI is InChI=1S/C23H29N3O4S2/c1-5-8-16-25(6-2)32(28,29)18-14-12-17(13-15-18)22(27)24-23-26(7-3)21-19(30-4)10-9-11-20(21)31-23/h9-15H,5-8,16H2,1-4H3. The van der Waals surface area contributed by atoms with Crippen molar-refractivity contribution in [3.05, 3.63) is 52.8 Å². The zero-order valence-corrected chi connectivity index (χ0v) is 20.5. The first-order valence-electron chi connectivity index (χ1n) is 10.7. The third-order valence-electron chi connectivity index (χ3n) is 5.25. The van der Waals surface area contributed by atoms with E-state index < -0.39 is 15.9 Å². The highest BCUT2D eigenvalue weighted by Gasteiger charge is 2.22. The van der Waals surface area contributed by atoms with E-state index >= 15 is 0 Å². The summed E-state index contributed by atoms with van der Waals surface area (Å²) in [5.74, 6) is 0.313. The lowest BCUT2D eigenvalue weighted by Gasteiger charge is -2.20. The molecule has 0 fully saturated rings. The molecule has 172 valence electrons. The average Bonchev–Trinajstić information content (AvgIpc) is 3.16. The Morgan fingerprint density at radius 3 is 2.44 bits per heavy atom. The lowest BCUT2D eigenvalue weighted by atomic mass is 10.2. The zero-order valence-electron chi connectivity index (χ0n) is 18.9. The number of rotatable bonds is 9. The van der Waals surface area contributed by atoms with Gasteiger partial charge in [-0.25, -0.2) is 8.42 Å². The minimum absolute atomic E-state index is 0.183. The first-order chi connectivity index (χ1) is 15.4. The van der Waals surface area contributed by atoms with Gasteiger partial charge < -0.3 is 9.30 Å². The molecule has 0 aliphatic rings. The van der Waals surface area contributed by atoms with Gasteiger partial charge in [0.05, 0.1) is 16.7 Å². The summed E-state index contributed by atoms with van der Waals surface area (Å²) in [4.78, 5) is 17.9. The van der Waals surface area contributed by atoms with Crippen LogP contribution in [0, 0.1) is 0 Å². The van der Waals surface area contributed by atoms with E-state index in [1.165, 1.54) is 39.9 Å². The lowest BCUT2D eigenvalue weighted by Crippen LogP contribution is -2.31. The molecule has 0 aliphatic heterocycles. The molecule has 0 unspecified atom stereocenters. The topological polar surface area (TPSA) is 81.0 Å². The maximum atomic E-state index is 12.9. The van der Waals surface area contributed by atoms with Gasteiger partial charge in [-0.3, -0.25) is 4.79 Å². The fourth-order valence-electron chi connectivity index (χ4n) is 3.49. The Hall–Kier alpha value is -2.49. The number of hydrogen-bond acceptors (Lipinski definition) is 5. The number of para-hydroxylation sites is 1. The molecular weight excluding hydrogens is 446 g/mol. The first-order valence-corrected chi connectivity index (χ1v) is 13.0. The van der Waals surface area contributed by atoms with E-state index in [4.69, 9.17) is 4.74 Å². The number of benzene rings is 2. The van der Waals surface area contributed by atoms with Crippen LogP contribution in [0.3, 0.4) is 0 Å². The van der Waals surface area contributed by atoms with Crippen LogP contribution in [0.4, 0.5) is 0 Å². The Morgan fingerprint density at radius 2 is 1.84 bits per heavy atom. The Labute approximate surface area is 193 Å². The Kier molecular flexibility index (Phi) is 7.86. The van der Waals surface area contributed by atoms with Gasteiger partial charge >= 0.3 is 0 Å². The van der Waals surface area contributed by atoms with Gasteiger partial charge in [-0.1, -0.05) is 37.7 Å². The molecule has 0 atom stereocenters. The van der Waals surface area contributed by atoms with Crippen molar-refractivity contribution in [2.75, 3.05) is 20.2 Å². The van der Waals surface area contributed by atoms with Crippen LogP contribution >= 0.6 is 11.3 Å². The summed E-state index contributed by atoms with van der Waals surface area (Å²) in [5.41, 5.74) is 1.25. The fraction of sp³-hybridized carbons (Fsp3) is 0.391. The molecule has 7 nitrogen and oxygen atoms in total. The van der Waals surface area contributed by atoms with E-state index in [0.29, 0.717) is 30.0 Å². The van der Waals surface area contributed by atoms with Crippen LogP contribution in [-0.2, 0) is 16.6 Å². The number of amides is 1. The molecular formula is C23H29N3O4S2. The zero-order chi connectivity index (χ0) is 23.3. The molecule has 0 N–H and O–H groups in total. The number of aromatic nitrogens is 1. The van der Waals surface area contributed by atoms with Crippen LogP contribution in [-0.4, -0.2) is 43.4 Å². The SMILES string of the molecule is CCCCN(CC)S(=O)(=O)c1ccc(C(=O)N=c2sc3cccc(OC)c3n2CC)cc1. The van der Waals surface area contributed by atoms with Crippen molar-refractivity contribution in [2.45, 2.75) is 45.1 Å². The van der Waals surface area contributed by atoms with E-state index in [-0.39, 0.29) is 4.90 Å². The second-order valence-electron chi connectivity index (χ2n) is 7.23. The molecule has 0 aliphatic carbocycles. The normalized spacial score (nSPS) is 12.6. The number of methoxy groups -OCH3 is 1. The molecule has 0 spiro atoms. The van der Waals surface area contributed by atoms with Crippen molar-refractivity contribution in [3.63, 3.8) is 0 Å². The highest BCUT2D eigenvalue weighted by atomic mass is 32.2. The molecule has 2 aromatic carbocycles. The Bertz CT molecular complexity index is 1260. The van der Waals surface area contributed by atoms with Crippen LogP contribution in [0.15, 0.2) is 52.4 Å². The predicted molar refractivity (Wildman–Crippen MR) is 128 cm³/mol. The number of sulfonamides is 1. The number of unbranched alkanes of at least 4 members (excludes halogenated alkanes) is 1. The monoisotopic (exact) mass is 475 g/mol. The Balaban J connectivity index is 1.94. The van der Waals surface area contributed by atoms with Gasteiger partial charge in [-0.05, 0) is 49.7 Å². The second kappa shape index (κ2) is 10.4. The average molecular weight is 476 g/mol. The largest absolute Gasteiger partial charge is 0.495 e. The van der Waals surface area contributed by atoms with E-state index in [1.54, 1.807) is 7.11 Å². The lowest BCUT2D eigenvalue weighted by molar-refractivity contribution is 0.0997. The highest BCUT2D eigenvalue weighted by molar-refractivity contribution is 7.89. The third-order valence-corrected chi connectivity index (χ3v) is 8.28. The Morgan fingerprint density at radius 1 is 1.12 bits per heavy atom. The summed E-state index contributed by atoms with van der Waals surface area (Å²) in [6.07, 6.45) is 1.72. The van der Waals surface area contributed by atoms with Gasteiger partial charge in [0.1, 0.15) is 11.3 Å². The van der Waals surface area contributed by atoms with Crippen LogP contribution in [0.2, 0.25) is 0 Å². The van der Waals surface area contributed by atoms with Gasteiger partial charge in [-0.15, -0.1) is 0 Å². The van der Waals surface area contributed by atoms with Gasteiger partial charge in [0.15, 0.2) is 4.80 Å². The molecule has 0 saturated heterocycles. The number of aryl methyl sites for hydroxylation is 1. The van der Waals surface area contributed by atoms with Crippen LogP contribution < -0.4 is 9.54 Å². The minimum atomic E-state index is -3.58.